The maximum atomic E-state index is 11.2. The lowest BCUT2D eigenvalue weighted by Gasteiger charge is -2.11. The van der Waals surface area contributed by atoms with Crippen molar-refractivity contribution < 1.29 is 18.3 Å². The largest absolute Gasteiger partial charge is 0.478 e. The first-order chi connectivity index (χ1) is 9.71. The van der Waals surface area contributed by atoms with Crippen molar-refractivity contribution in [2.24, 2.45) is 11.1 Å². The van der Waals surface area contributed by atoms with Crippen LogP contribution in [-0.4, -0.2) is 26.0 Å². The lowest BCUT2D eigenvalue weighted by Crippen LogP contribution is -2.14. The standard InChI is InChI=1S/C14H22N2O4S/c1-10(2)5-3-4-8-16-13-7-6-11(21(15,19)20)9-12(13)14(17)18/h6-7,9-10,16H,3-5,8H2,1-2H3,(H,17,18)(H2,15,19,20). The fraction of sp³-hybridized carbons (Fsp3) is 0.500. The van der Waals surface area contributed by atoms with Gasteiger partial charge in [0.15, 0.2) is 0 Å². The Kier molecular flexibility index (Phi) is 6.17. The zero-order chi connectivity index (χ0) is 16.0. The van der Waals surface area contributed by atoms with E-state index in [1.807, 2.05) is 0 Å². The molecule has 4 N–H and O–H groups in total. The second kappa shape index (κ2) is 7.42. The molecule has 0 radical (unpaired) electrons. The predicted molar refractivity (Wildman–Crippen MR) is 82.0 cm³/mol. The first-order valence-electron chi connectivity index (χ1n) is 6.86. The van der Waals surface area contributed by atoms with Gasteiger partial charge in [0, 0.05) is 12.2 Å². The van der Waals surface area contributed by atoms with Crippen molar-refractivity contribution in [3.8, 4) is 0 Å². The fourth-order valence-electron chi connectivity index (χ4n) is 1.93. The molecule has 118 valence electrons. The molecule has 0 spiro atoms. The van der Waals surface area contributed by atoms with Gasteiger partial charge in [-0.1, -0.05) is 26.7 Å². The Labute approximate surface area is 125 Å². The average molecular weight is 314 g/mol. The molecule has 0 saturated carbocycles. The van der Waals surface area contributed by atoms with Crippen LogP contribution >= 0.6 is 0 Å². The van der Waals surface area contributed by atoms with Crippen molar-refractivity contribution in [2.75, 3.05) is 11.9 Å². The number of aromatic carboxylic acids is 1. The molecule has 6 nitrogen and oxygen atoms in total. The number of primary sulfonamides is 1. The molecule has 1 rings (SSSR count). The molecule has 0 fully saturated rings. The Balaban J connectivity index is 2.76. The van der Waals surface area contributed by atoms with Gasteiger partial charge >= 0.3 is 5.97 Å². The molecule has 0 aliphatic carbocycles. The minimum Gasteiger partial charge on any atom is -0.478 e. The molecule has 0 atom stereocenters. The summed E-state index contributed by atoms with van der Waals surface area (Å²) >= 11 is 0. The molecular formula is C14H22N2O4S. The van der Waals surface area contributed by atoms with Gasteiger partial charge in [-0.05, 0) is 30.5 Å². The summed E-state index contributed by atoms with van der Waals surface area (Å²) in [6.07, 6.45) is 3.11. The van der Waals surface area contributed by atoms with Gasteiger partial charge in [-0.25, -0.2) is 18.4 Å². The summed E-state index contributed by atoms with van der Waals surface area (Å²) in [6.45, 7) is 4.95. The number of hydrogen-bond donors (Lipinski definition) is 3. The third-order valence-corrected chi connectivity index (χ3v) is 3.98. The molecule has 0 aromatic heterocycles. The van der Waals surface area contributed by atoms with Crippen LogP contribution < -0.4 is 10.5 Å². The zero-order valence-electron chi connectivity index (χ0n) is 12.3. The maximum absolute atomic E-state index is 11.2. The van der Waals surface area contributed by atoms with Crippen molar-refractivity contribution in [3.63, 3.8) is 0 Å². The Morgan fingerprint density at radius 1 is 1.33 bits per heavy atom. The SMILES string of the molecule is CC(C)CCCCNc1ccc(S(N)(=O)=O)cc1C(=O)O. The molecule has 0 unspecified atom stereocenters. The van der Waals surface area contributed by atoms with Gasteiger partial charge in [0.2, 0.25) is 10.0 Å². The number of carboxylic acids is 1. The van der Waals surface area contributed by atoms with E-state index in [1.54, 1.807) is 0 Å². The van der Waals surface area contributed by atoms with Crippen LogP contribution in [0.5, 0.6) is 0 Å². The predicted octanol–water partition coefficient (Wildman–Crippen LogP) is 2.27. The van der Waals surface area contributed by atoms with E-state index < -0.39 is 16.0 Å². The quantitative estimate of drug-likeness (QED) is 0.638. The number of unbranched alkanes of at least 4 members (excludes halogenated alkanes) is 1. The first-order valence-corrected chi connectivity index (χ1v) is 8.40. The first kappa shape index (κ1) is 17.5. The van der Waals surface area contributed by atoms with E-state index in [9.17, 15) is 13.2 Å². The fourth-order valence-corrected chi connectivity index (χ4v) is 2.47. The van der Waals surface area contributed by atoms with Crippen LogP contribution in [0.4, 0.5) is 5.69 Å². The maximum Gasteiger partial charge on any atom is 0.337 e. The summed E-state index contributed by atoms with van der Waals surface area (Å²) in [5.74, 6) is -0.543. The number of rotatable bonds is 8. The second-order valence-electron chi connectivity index (χ2n) is 5.37. The smallest absolute Gasteiger partial charge is 0.337 e. The molecule has 0 aliphatic heterocycles. The van der Waals surface area contributed by atoms with Gasteiger partial charge in [0.1, 0.15) is 0 Å². The third kappa shape index (κ3) is 5.73. The summed E-state index contributed by atoms with van der Waals surface area (Å²) in [6, 6.07) is 3.82. The Hall–Kier alpha value is -1.60. The summed E-state index contributed by atoms with van der Waals surface area (Å²) in [7, 11) is -3.91. The Morgan fingerprint density at radius 2 is 2.00 bits per heavy atom. The number of hydrogen-bond acceptors (Lipinski definition) is 4. The van der Waals surface area contributed by atoms with Crippen LogP contribution in [0, 0.1) is 5.92 Å². The van der Waals surface area contributed by atoms with Gasteiger partial charge in [0.05, 0.1) is 10.5 Å². The van der Waals surface area contributed by atoms with Crippen LogP contribution in [0.2, 0.25) is 0 Å². The number of benzene rings is 1. The molecule has 1 aromatic carbocycles. The number of sulfonamides is 1. The molecule has 1 aromatic rings. The van der Waals surface area contributed by atoms with E-state index in [-0.39, 0.29) is 10.5 Å². The Bertz CT molecular complexity index is 597. The molecule has 0 aliphatic rings. The van der Waals surface area contributed by atoms with Crippen molar-refractivity contribution in [3.05, 3.63) is 23.8 Å². The monoisotopic (exact) mass is 314 g/mol. The highest BCUT2D eigenvalue weighted by Gasteiger charge is 2.15. The van der Waals surface area contributed by atoms with Crippen LogP contribution in [0.25, 0.3) is 0 Å². The lowest BCUT2D eigenvalue weighted by atomic mass is 10.1. The van der Waals surface area contributed by atoms with Crippen LogP contribution in [0.15, 0.2) is 23.1 Å². The van der Waals surface area contributed by atoms with Crippen LogP contribution in [-0.2, 0) is 10.0 Å². The minimum absolute atomic E-state index is 0.0922. The van der Waals surface area contributed by atoms with E-state index in [0.29, 0.717) is 18.2 Å². The van der Waals surface area contributed by atoms with E-state index >= 15 is 0 Å². The molecule has 0 amide bonds. The van der Waals surface area contributed by atoms with Gasteiger partial charge in [-0.3, -0.25) is 0 Å². The molecular weight excluding hydrogens is 292 g/mol. The second-order valence-corrected chi connectivity index (χ2v) is 6.94. The summed E-state index contributed by atoms with van der Waals surface area (Å²) in [4.78, 5) is 11.0. The number of carboxylic acid groups (broad SMARTS) is 1. The third-order valence-electron chi connectivity index (χ3n) is 3.07. The lowest BCUT2D eigenvalue weighted by molar-refractivity contribution is 0.0697. The van der Waals surface area contributed by atoms with Gasteiger partial charge in [-0.2, -0.15) is 0 Å². The summed E-state index contributed by atoms with van der Waals surface area (Å²) in [5.41, 5.74) is 0.310. The summed E-state index contributed by atoms with van der Waals surface area (Å²) in [5, 5.41) is 17.2. The molecule has 7 heteroatoms. The van der Waals surface area contributed by atoms with Crippen molar-refractivity contribution >= 4 is 21.7 Å². The molecule has 21 heavy (non-hydrogen) atoms. The van der Waals surface area contributed by atoms with Crippen LogP contribution in [0.1, 0.15) is 43.5 Å². The van der Waals surface area contributed by atoms with Crippen LogP contribution in [0.3, 0.4) is 0 Å². The van der Waals surface area contributed by atoms with E-state index in [1.165, 1.54) is 12.1 Å². The molecule has 0 bridgehead atoms. The normalized spacial score (nSPS) is 11.6. The van der Waals surface area contributed by atoms with Crippen molar-refractivity contribution in [2.45, 2.75) is 38.0 Å². The van der Waals surface area contributed by atoms with Crippen molar-refractivity contribution in [1.82, 2.24) is 0 Å². The van der Waals surface area contributed by atoms with E-state index in [4.69, 9.17) is 10.2 Å². The average Bonchev–Trinajstić information content (AvgIpc) is 2.36. The molecule has 0 heterocycles. The van der Waals surface area contributed by atoms with Gasteiger partial charge in [0.25, 0.3) is 0 Å². The topological polar surface area (TPSA) is 109 Å². The minimum atomic E-state index is -3.91. The van der Waals surface area contributed by atoms with E-state index in [0.717, 1.165) is 25.3 Å². The number of nitrogens with one attached hydrogen (secondary N) is 1. The van der Waals surface area contributed by atoms with Crippen molar-refractivity contribution in [1.29, 1.82) is 0 Å². The zero-order valence-corrected chi connectivity index (χ0v) is 13.1. The van der Waals surface area contributed by atoms with Gasteiger partial charge < -0.3 is 10.4 Å². The number of nitrogens with two attached hydrogens (primary N) is 1. The Morgan fingerprint density at radius 3 is 2.52 bits per heavy atom. The van der Waals surface area contributed by atoms with E-state index in [2.05, 4.69) is 19.2 Å². The summed E-state index contributed by atoms with van der Waals surface area (Å²) < 4.78 is 22.5. The molecule has 0 saturated heterocycles. The highest BCUT2D eigenvalue weighted by Crippen LogP contribution is 2.20. The highest BCUT2D eigenvalue weighted by molar-refractivity contribution is 7.89. The highest BCUT2D eigenvalue weighted by atomic mass is 32.2. The number of anilines is 1. The number of carbonyl (C=O) groups is 1. The van der Waals surface area contributed by atoms with Gasteiger partial charge in [-0.15, -0.1) is 0 Å².